The fraction of sp³-hybridized carbons (Fsp3) is 0.300. The highest BCUT2D eigenvalue weighted by Crippen LogP contribution is 2.32. The fourth-order valence-electron chi connectivity index (χ4n) is 1.11. The summed E-state index contributed by atoms with van der Waals surface area (Å²) in [5.41, 5.74) is 6.57. The predicted molar refractivity (Wildman–Crippen MR) is 57.0 cm³/mol. The van der Waals surface area contributed by atoms with E-state index in [1.807, 2.05) is 6.92 Å². The highest BCUT2D eigenvalue weighted by molar-refractivity contribution is 6.33. The second-order valence-corrected chi connectivity index (χ2v) is 3.27. The zero-order chi connectivity index (χ0) is 10.7. The van der Waals surface area contributed by atoms with Crippen LogP contribution in [0.2, 0.25) is 5.02 Å². The van der Waals surface area contributed by atoms with Crippen LogP contribution in [0.25, 0.3) is 0 Å². The van der Waals surface area contributed by atoms with E-state index < -0.39 is 0 Å². The molecule has 0 atom stereocenters. The van der Waals surface area contributed by atoms with E-state index >= 15 is 0 Å². The summed E-state index contributed by atoms with van der Waals surface area (Å²) in [6, 6.07) is 3.13. The molecule has 0 aliphatic heterocycles. The van der Waals surface area contributed by atoms with Gasteiger partial charge in [-0.05, 0) is 26.0 Å². The second kappa shape index (κ2) is 4.33. The average Bonchev–Trinajstić information content (AvgIpc) is 2.10. The molecule has 0 unspecified atom stereocenters. The van der Waals surface area contributed by atoms with Crippen LogP contribution in [0.5, 0.6) is 5.75 Å². The SMILES string of the molecule is CCOc1c(N)cc(C(C)=O)cc1Cl. The third kappa shape index (κ3) is 2.17. The molecule has 0 bridgehead atoms. The summed E-state index contributed by atoms with van der Waals surface area (Å²) in [6.45, 7) is 3.80. The van der Waals surface area contributed by atoms with Crippen LogP contribution in [0.3, 0.4) is 0 Å². The number of hydrogen-bond acceptors (Lipinski definition) is 3. The molecule has 0 radical (unpaired) electrons. The molecule has 0 aliphatic rings. The lowest BCUT2D eigenvalue weighted by Crippen LogP contribution is -2.01. The zero-order valence-corrected chi connectivity index (χ0v) is 8.89. The minimum Gasteiger partial charge on any atom is -0.490 e. The Morgan fingerprint density at radius 3 is 2.64 bits per heavy atom. The Bertz CT molecular complexity index is 340. The van der Waals surface area contributed by atoms with E-state index in [4.69, 9.17) is 22.1 Å². The van der Waals surface area contributed by atoms with Crippen molar-refractivity contribution < 1.29 is 9.53 Å². The molecule has 14 heavy (non-hydrogen) atoms. The first-order chi connectivity index (χ1) is 6.56. The van der Waals surface area contributed by atoms with Gasteiger partial charge in [0.05, 0.1) is 17.3 Å². The van der Waals surface area contributed by atoms with Crippen molar-refractivity contribution in [2.24, 2.45) is 0 Å². The van der Waals surface area contributed by atoms with E-state index in [1.165, 1.54) is 6.92 Å². The van der Waals surface area contributed by atoms with Crippen molar-refractivity contribution in [2.75, 3.05) is 12.3 Å². The van der Waals surface area contributed by atoms with Crippen LogP contribution in [0.4, 0.5) is 5.69 Å². The van der Waals surface area contributed by atoms with Crippen molar-refractivity contribution in [3.8, 4) is 5.75 Å². The molecule has 76 valence electrons. The normalized spacial score (nSPS) is 9.93. The highest BCUT2D eigenvalue weighted by atomic mass is 35.5. The Balaban J connectivity index is 3.18. The number of nitrogens with two attached hydrogens (primary N) is 1. The number of rotatable bonds is 3. The summed E-state index contributed by atoms with van der Waals surface area (Å²) < 4.78 is 5.23. The number of ketones is 1. The maximum atomic E-state index is 11.1. The van der Waals surface area contributed by atoms with Crippen LogP contribution in [0.15, 0.2) is 12.1 Å². The average molecular weight is 214 g/mol. The Hall–Kier alpha value is -1.22. The van der Waals surface area contributed by atoms with E-state index in [0.717, 1.165) is 0 Å². The number of nitrogen functional groups attached to an aromatic ring is 1. The first-order valence-corrected chi connectivity index (χ1v) is 4.66. The van der Waals surface area contributed by atoms with Crippen molar-refractivity contribution in [1.29, 1.82) is 0 Å². The predicted octanol–water partition coefficient (Wildman–Crippen LogP) is 2.52. The lowest BCUT2D eigenvalue weighted by molar-refractivity contribution is 0.101. The van der Waals surface area contributed by atoms with Crippen LogP contribution in [-0.4, -0.2) is 12.4 Å². The van der Waals surface area contributed by atoms with E-state index in [-0.39, 0.29) is 5.78 Å². The number of carbonyl (C=O) groups excluding carboxylic acids is 1. The van der Waals surface area contributed by atoms with Crippen molar-refractivity contribution in [2.45, 2.75) is 13.8 Å². The molecule has 0 aromatic heterocycles. The number of carbonyl (C=O) groups is 1. The molecule has 2 N–H and O–H groups in total. The van der Waals surface area contributed by atoms with Crippen molar-refractivity contribution >= 4 is 23.1 Å². The summed E-state index contributed by atoms with van der Waals surface area (Å²) in [5, 5.41) is 0.372. The largest absolute Gasteiger partial charge is 0.490 e. The first kappa shape index (κ1) is 10.9. The van der Waals surface area contributed by atoms with Gasteiger partial charge in [-0.2, -0.15) is 0 Å². The van der Waals surface area contributed by atoms with Gasteiger partial charge in [-0.15, -0.1) is 0 Å². The van der Waals surface area contributed by atoms with Gasteiger partial charge in [0.15, 0.2) is 11.5 Å². The molecule has 1 aromatic carbocycles. The van der Waals surface area contributed by atoms with Gasteiger partial charge in [0.25, 0.3) is 0 Å². The molecule has 1 aromatic rings. The van der Waals surface area contributed by atoms with Crippen LogP contribution in [0, 0.1) is 0 Å². The van der Waals surface area contributed by atoms with Gasteiger partial charge in [-0.3, -0.25) is 4.79 Å². The Kier molecular flexibility index (Phi) is 3.36. The smallest absolute Gasteiger partial charge is 0.160 e. The fourth-order valence-corrected chi connectivity index (χ4v) is 1.40. The number of hydrogen-bond donors (Lipinski definition) is 1. The van der Waals surface area contributed by atoms with Crippen LogP contribution in [0.1, 0.15) is 24.2 Å². The Labute approximate surface area is 87.8 Å². The van der Waals surface area contributed by atoms with Crippen molar-refractivity contribution in [3.63, 3.8) is 0 Å². The molecular formula is C10H12ClNO2. The Morgan fingerprint density at radius 2 is 2.21 bits per heavy atom. The number of Topliss-reactive ketones (excluding diaryl/α,β-unsaturated/α-hetero) is 1. The van der Waals surface area contributed by atoms with Crippen LogP contribution in [-0.2, 0) is 0 Å². The van der Waals surface area contributed by atoms with Gasteiger partial charge in [0.1, 0.15) is 0 Å². The molecule has 0 saturated heterocycles. The van der Waals surface area contributed by atoms with Crippen LogP contribution >= 0.6 is 11.6 Å². The standard InChI is InChI=1S/C10H12ClNO2/c1-3-14-10-8(11)4-7(6(2)13)5-9(10)12/h4-5H,3,12H2,1-2H3. The summed E-state index contributed by atoms with van der Waals surface area (Å²) in [7, 11) is 0. The molecule has 0 spiro atoms. The molecule has 3 nitrogen and oxygen atoms in total. The van der Waals surface area contributed by atoms with Gasteiger partial charge >= 0.3 is 0 Å². The summed E-state index contributed by atoms with van der Waals surface area (Å²) in [6.07, 6.45) is 0. The number of anilines is 1. The lowest BCUT2D eigenvalue weighted by Gasteiger charge is -2.09. The quantitative estimate of drug-likeness (QED) is 0.620. The number of ether oxygens (including phenoxy) is 1. The van der Waals surface area contributed by atoms with E-state index in [1.54, 1.807) is 12.1 Å². The lowest BCUT2D eigenvalue weighted by atomic mass is 10.1. The minimum absolute atomic E-state index is 0.0679. The maximum absolute atomic E-state index is 11.1. The molecular weight excluding hydrogens is 202 g/mol. The number of halogens is 1. The van der Waals surface area contributed by atoms with Gasteiger partial charge in [0, 0.05) is 5.56 Å². The highest BCUT2D eigenvalue weighted by Gasteiger charge is 2.10. The van der Waals surface area contributed by atoms with Gasteiger partial charge < -0.3 is 10.5 Å². The third-order valence-corrected chi connectivity index (χ3v) is 2.05. The van der Waals surface area contributed by atoms with E-state index in [0.29, 0.717) is 28.6 Å². The molecule has 0 saturated carbocycles. The number of benzene rings is 1. The molecule has 4 heteroatoms. The first-order valence-electron chi connectivity index (χ1n) is 4.29. The summed E-state index contributed by atoms with van der Waals surface area (Å²) in [4.78, 5) is 11.1. The maximum Gasteiger partial charge on any atom is 0.160 e. The molecule has 0 fully saturated rings. The third-order valence-electron chi connectivity index (χ3n) is 1.77. The second-order valence-electron chi connectivity index (χ2n) is 2.87. The van der Waals surface area contributed by atoms with Crippen molar-refractivity contribution in [1.82, 2.24) is 0 Å². The van der Waals surface area contributed by atoms with E-state index in [9.17, 15) is 4.79 Å². The Morgan fingerprint density at radius 1 is 1.57 bits per heavy atom. The molecule has 0 aliphatic carbocycles. The van der Waals surface area contributed by atoms with Crippen LogP contribution < -0.4 is 10.5 Å². The minimum atomic E-state index is -0.0679. The molecule has 0 amide bonds. The summed E-state index contributed by atoms with van der Waals surface area (Å²) >= 11 is 5.90. The topological polar surface area (TPSA) is 52.3 Å². The van der Waals surface area contributed by atoms with E-state index in [2.05, 4.69) is 0 Å². The van der Waals surface area contributed by atoms with Gasteiger partial charge in [-0.25, -0.2) is 0 Å². The molecule has 1 rings (SSSR count). The van der Waals surface area contributed by atoms with Gasteiger partial charge in [0.2, 0.25) is 0 Å². The van der Waals surface area contributed by atoms with Crippen molar-refractivity contribution in [3.05, 3.63) is 22.7 Å². The zero-order valence-electron chi connectivity index (χ0n) is 8.13. The molecule has 0 heterocycles. The monoisotopic (exact) mass is 213 g/mol. The summed E-state index contributed by atoms with van der Waals surface area (Å²) in [5.74, 6) is 0.376. The van der Waals surface area contributed by atoms with Gasteiger partial charge in [-0.1, -0.05) is 11.6 Å².